The monoisotopic (exact) mass is 587 g/mol. The quantitative estimate of drug-likeness (QED) is 0.252. The highest BCUT2D eigenvalue weighted by Gasteiger charge is 2.24. The molecule has 0 radical (unpaired) electrons. The number of carbonyl (C=O) groups excluding carboxylic acids is 1. The van der Waals surface area contributed by atoms with E-state index in [2.05, 4.69) is 4.98 Å². The third kappa shape index (κ3) is 6.35. The number of rotatable bonds is 9. The molecule has 2 N–H and O–H groups in total. The largest absolute Gasteiger partial charge is 0.301 e. The average Bonchev–Trinajstić information content (AvgIpc) is 2.94. The SMILES string of the molecule is Cc1cc(=O)n(CC(=O)C[C@@H](Cc2cc(F)cc(F)c2)c2ncccc2-c2cccc(S(N)(=O)=O)c2)c2ccccc12. The predicted octanol–water partition coefficient (Wildman–Crippen LogP) is 5.28. The molecule has 0 aliphatic carbocycles. The van der Waals surface area contributed by atoms with Crippen LogP contribution >= 0.6 is 0 Å². The van der Waals surface area contributed by atoms with Crippen molar-refractivity contribution in [1.82, 2.24) is 9.55 Å². The topological polar surface area (TPSA) is 112 Å². The van der Waals surface area contributed by atoms with E-state index in [1.165, 1.54) is 41.1 Å². The van der Waals surface area contributed by atoms with Crippen LogP contribution in [0.15, 0.2) is 101 Å². The molecule has 42 heavy (non-hydrogen) atoms. The van der Waals surface area contributed by atoms with E-state index in [1.807, 2.05) is 19.1 Å². The first kappa shape index (κ1) is 29.0. The van der Waals surface area contributed by atoms with Gasteiger partial charge in [-0.05, 0) is 66.4 Å². The van der Waals surface area contributed by atoms with Crippen molar-refractivity contribution in [1.29, 1.82) is 0 Å². The van der Waals surface area contributed by atoms with Crippen LogP contribution in [0.2, 0.25) is 0 Å². The van der Waals surface area contributed by atoms with E-state index in [1.54, 1.807) is 36.4 Å². The normalized spacial score (nSPS) is 12.4. The van der Waals surface area contributed by atoms with E-state index in [0.29, 0.717) is 27.9 Å². The lowest BCUT2D eigenvalue weighted by Gasteiger charge is -2.20. The number of aromatic nitrogens is 2. The number of fused-ring (bicyclic) bond motifs is 1. The van der Waals surface area contributed by atoms with Crippen LogP contribution in [-0.2, 0) is 27.8 Å². The molecule has 0 aliphatic heterocycles. The van der Waals surface area contributed by atoms with Gasteiger partial charge in [-0.2, -0.15) is 0 Å². The van der Waals surface area contributed by atoms with Gasteiger partial charge in [-0.15, -0.1) is 0 Å². The van der Waals surface area contributed by atoms with Gasteiger partial charge in [-0.3, -0.25) is 14.6 Å². The number of sulfonamides is 1. The molecular formula is C32H27F2N3O4S. The highest BCUT2D eigenvalue weighted by atomic mass is 32.2. The predicted molar refractivity (Wildman–Crippen MR) is 156 cm³/mol. The fourth-order valence-electron chi connectivity index (χ4n) is 5.29. The van der Waals surface area contributed by atoms with Crippen molar-refractivity contribution in [3.05, 3.63) is 130 Å². The van der Waals surface area contributed by atoms with Gasteiger partial charge in [0, 0.05) is 41.6 Å². The molecule has 0 fully saturated rings. The molecule has 5 aromatic rings. The summed E-state index contributed by atoms with van der Waals surface area (Å²) in [7, 11) is -3.99. The summed E-state index contributed by atoms with van der Waals surface area (Å²) >= 11 is 0. The van der Waals surface area contributed by atoms with Crippen LogP contribution < -0.4 is 10.7 Å². The van der Waals surface area contributed by atoms with Gasteiger partial charge < -0.3 is 4.57 Å². The molecule has 2 aromatic heterocycles. The van der Waals surface area contributed by atoms with Gasteiger partial charge in [0.05, 0.1) is 22.7 Å². The van der Waals surface area contributed by atoms with E-state index in [0.717, 1.165) is 17.0 Å². The van der Waals surface area contributed by atoms with Gasteiger partial charge in [0.1, 0.15) is 11.6 Å². The van der Waals surface area contributed by atoms with Crippen LogP contribution in [0, 0.1) is 18.6 Å². The minimum atomic E-state index is -3.99. The molecule has 0 saturated carbocycles. The van der Waals surface area contributed by atoms with Crippen molar-refractivity contribution in [3.63, 3.8) is 0 Å². The summed E-state index contributed by atoms with van der Waals surface area (Å²) < 4.78 is 53.7. The molecular weight excluding hydrogens is 560 g/mol. The first-order valence-electron chi connectivity index (χ1n) is 13.1. The zero-order chi connectivity index (χ0) is 30.0. The van der Waals surface area contributed by atoms with E-state index < -0.39 is 27.6 Å². The number of carbonyl (C=O) groups is 1. The summed E-state index contributed by atoms with van der Waals surface area (Å²) in [6.07, 6.45) is 1.48. The summed E-state index contributed by atoms with van der Waals surface area (Å²) in [4.78, 5) is 31.0. The number of primary sulfonamides is 1. The number of aryl methyl sites for hydroxylation is 1. The van der Waals surface area contributed by atoms with Crippen LogP contribution in [0.4, 0.5) is 8.78 Å². The zero-order valence-corrected chi connectivity index (χ0v) is 23.4. The molecule has 0 amide bonds. The van der Waals surface area contributed by atoms with Gasteiger partial charge in [-0.1, -0.05) is 36.4 Å². The van der Waals surface area contributed by atoms with E-state index >= 15 is 0 Å². The second-order valence-corrected chi connectivity index (χ2v) is 11.8. The molecule has 7 nitrogen and oxygen atoms in total. The second kappa shape index (κ2) is 11.8. The third-order valence-corrected chi connectivity index (χ3v) is 8.05. The maximum atomic E-state index is 14.1. The third-order valence-electron chi connectivity index (χ3n) is 7.14. The zero-order valence-electron chi connectivity index (χ0n) is 22.6. The number of halogens is 2. The Balaban J connectivity index is 1.56. The number of benzene rings is 3. The van der Waals surface area contributed by atoms with Crippen LogP contribution in [-0.4, -0.2) is 23.8 Å². The Hall–Kier alpha value is -4.54. The standard InChI is InChI=1S/C32H27F2N3O4S/c1-20-12-31(39)37(30-10-3-2-8-28(20)30)19-26(38)16-23(13-21-14-24(33)18-25(34)15-21)32-29(9-5-11-36-32)22-6-4-7-27(17-22)42(35,40)41/h2-12,14-15,17-18,23H,13,16,19H2,1H3,(H2,35,40,41)/t23-/m1/s1. The fourth-order valence-corrected chi connectivity index (χ4v) is 5.85. The number of nitrogens with two attached hydrogens (primary N) is 1. The first-order chi connectivity index (χ1) is 20.0. The highest BCUT2D eigenvalue weighted by molar-refractivity contribution is 7.89. The second-order valence-electron chi connectivity index (χ2n) is 10.2. The number of para-hydroxylation sites is 1. The maximum absolute atomic E-state index is 14.1. The summed E-state index contributed by atoms with van der Waals surface area (Å²) in [5.41, 5.74) is 2.88. The molecule has 1 atom stereocenters. The first-order valence-corrected chi connectivity index (χ1v) is 14.7. The molecule has 10 heteroatoms. The molecule has 5 rings (SSSR count). The molecule has 0 spiro atoms. The smallest absolute Gasteiger partial charge is 0.251 e. The average molecular weight is 588 g/mol. The number of hydrogen-bond acceptors (Lipinski definition) is 5. The Labute approximate surface area is 241 Å². The van der Waals surface area contributed by atoms with Crippen molar-refractivity contribution in [2.45, 2.75) is 37.1 Å². The van der Waals surface area contributed by atoms with E-state index in [9.17, 15) is 26.8 Å². The van der Waals surface area contributed by atoms with Crippen molar-refractivity contribution >= 4 is 26.7 Å². The Morgan fingerprint density at radius 2 is 1.69 bits per heavy atom. The van der Waals surface area contributed by atoms with Crippen molar-refractivity contribution < 1.29 is 22.0 Å². The lowest BCUT2D eigenvalue weighted by atomic mass is 9.87. The number of nitrogens with zero attached hydrogens (tertiary/aromatic N) is 2. The van der Waals surface area contributed by atoms with E-state index in [4.69, 9.17) is 5.14 Å². The number of ketones is 1. The van der Waals surface area contributed by atoms with Crippen LogP contribution in [0.1, 0.15) is 29.2 Å². The molecule has 3 aromatic carbocycles. The molecule has 0 saturated heterocycles. The molecule has 0 aliphatic rings. The van der Waals surface area contributed by atoms with Gasteiger partial charge in [-0.25, -0.2) is 22.3 Å². The van der Waals surface area contributed by atoms with Crippen molar-refractivity contribution in [2.24, 2.45) is 5.14 Å². The summed E-state index contributed by atoms with van der Waals surface area (Å²) in [6, 6.07) is 21.4. The van der Waals surface area contributed by atoms with Crippen LogP contribution in [0.3, 0.4) is 0 Å². The minimum absolute atomic E-state index is 0.0584. The van der Waals surface area contributed by atoms with Crippen LogP contribution in [0.5, 0.6) is 0 Å². The van der Waals surface area contributed by atoms with Gasteiger partial charge in [0.25, 0.3) is 5.56 Å². The van der Waals surface area contributed by atoms with Gasteiger partial charge in [0.15, 0.2) is 5.78 Å². The lowest BCUT2D eigenvalue weighted by molar-refractivity contribution is -0.120. The number of Topliss-reactive ketones (excluding diaryl/α,β-unsaturated/α-hetero) is 1. The number of pyridine rings is 2. The molecule has 0 bridgehead atoms. The Morgan fingerprint density at radius 3 is 2.43 bits per heavy atom. The lowest BCUT2D eigenvalue weighted by Crippen LogP contribution is -2.26. The highest BCUT2D eigenvalue weighted by Crippen LogP contribution is 2.33. The Kier molecular flexibility index (Phi) is 8.11. The summed E-state index contributed by atoms with van der Waals surface area (Å²) in [6.45, 7) is 1.62. The Bertz CT molecular complexity index is 1970. The van der Waals surface area contributed by atoms with Crippen molar-refractivity contribution in [3.8, 4) is 11.1 Å². The van der Waals surface area contributed by atoms with Gasteiger partial charge >= 0.3 is 0 Å². The minimum Gasteiger partial charge on any atom is -0.301 e. The molecule has 214 valence electrons. The molecule has 0 unspecified atom stereocenters. The van der Waals surface area contributed by atoms with Crippen LogP contribution in [0.25, 0.3) is 22.0 Å². The fraction of sp³-hybridized carbons (Fsp3) is 0.156. The van der Waals surface area contributed by atoms with Gasteiger partial charge in [0.2, 0.25) is 10.0 Å². The Morgan fingerprint density at radius 1 is 0.952 bits per heavy atom. The van der Waals surface area contributed by atoms with E-state index in [-0.39, 0.29) is 35.6 Å². The van der Waals surface area contributed by atoms with Crippen molar-refractivity contribution in [2.75, 3.05) is 0 Å². The summed E-state index contributed by atoms with van der Waals surface area (Å²) in [5, 5.41) is 6.19. The number of hydrogen-bond donors (Lipinski definition) is 1. The molecule has 2 heterocycles. The summed E-state index contributed by atoms with van der Waals surface area (Å²) in [5.74, 6) is -2.46. The maximum Gasteiger partial charge on any atom is 0.251 e.